The Morgan fingerprint density at radius 1 is 1.15 bits per heavy atom. The Morgan fingerprint density at radius 2 is 1.88 bits per heavy atom. The van der Waals surface area contributed by atoms with E-state index >= 15 is 0 Å². The molecule has 1 aliphatic heterocycles. The second-order valence-electron chi connectivity index (χ2n) is 7.86. The number of hydrogen-bond acceptors (Lipinski definition) is 7. The van der Waals surface area contributed by atoms with Crippen LogP contribution in [0.5, 0.6) is 5.75 Å². The van der Waals surface area contributed by atoms with E-state index in [2.05, 4.69) is 17.1 Å². The van der Waals surface area contributed by atoms with Crippen molar-refractivity contribution in [2.24, 2.45) is 0 Å². The molecule has 1 unspecified atom stereocenters. The number of nitro groups is 1. The van der Waals surface area contributed by atoms with Gasteiger partial charge < -0.3 is 9.64 Å². The number of amides is 1. The molecule has 3 aromatic rings. The average Bonchev–Trinajstić information content (AvgIpc) is 3.27. The Morgan fingerprint density at radius 3 is 2.52 bits per heavy atom. The van der Waals surface area contributed by atoms with Crippen LogP contribution in [-0.4, -0.2) is 55.9 Å². The number of thioether (sulfide) groups is 1. The zero-order chi connectivity index (χ0) is 23.4. The third-order valence-electron chi connectivity index (χ3n) is 5.75. The molecular weight excluding hydrogens is 442 g/mol. The largest absolute Gasteiger partial charge is 0.497 e. The first kappa shape index (κ1) is 22.8. The number of methoxy groups -OCH3 is 1. The van der Waals surface area contributed by atoms with Gasteiger partial charge in [0.15, 0.2) is 11.0 Å². The van der Waals surface area contributed by atoms with Gasteiger partial charge in [0.05, 0.1) is 17.8 Å². The van der Waals surface area contributed by atoms with Crippen molar-refractivity contribution in [3.8, 4) is 22.8 Å². The first-order chi connectivity index (χ1) is 16.0. The van der Waals surface area contributed by atoms with Gasteiger partial charge in [-0.25, -0.2) is 0 Å². The van der Waals surface area contributed by atoms with Crippen molar-refractivity contribution in [2.45, 2.75) is 37.4 Å². The molecule has 172 valence electrons. The lowest BCUT2D eigenvalue weighted by atomic mass is 10.0. The average molecular weight is 468 g/mol. The van der Waals surface area contributed by atoms with Crippen LogP contribution in [0.25, 0.3) is 17.1 Å². The smallest absolute Gasteiger partial charge is 0.269 e. The van der Waals surface area contributed by atoms with Crippen molar-refractivity contribution in [1.29, 1.82) is 0 Å². The van der Waals surface area contributed by atoms with Gasteiger partial charge in [0, 0.05) is 36.0 Å². The summed E-state index contributed by atoms with van der Waals surface area (Å²) in [5.74, 6) is 1.61. The fraction of sp³-hybridized carbons (Fsp3) is 0.348. The maximum Gasteiger partial charge on any atom is 0.269 e. The van der Waals surface area contributed by atoms with Crippen LogP contribution in [0.3, 0.4) is 0 Å². The van der Waals surface area contributed by atoms with Crippen LogP contribution in [0.1, 0.15) is 26.2 Å². The Bertz CT molecular complexity index is 1130. The molecule has 4 rings (SSSR count). The van der Waals surface area contributed by atoms with Crippen molar-refractivity contribution >= 4 is 23.4 Å². The van der Waals surface area contributed by atoms with Crippen LogP contribution >= 0.6 is 11.8 Å². The van der Waals surface area contributed by atoms with Gasteiger partial charge in [-0.2, -0.15) is 0 Å². The number of likely N-dealkylation sites (tertiary alicyclic amines) is 1. The van der Waals surface area contributed by atoms with Crippen LogP contribution in [-0.2, 0) is 4.79 Å². The van der Waals surface area contributed by atoms with E-state index in [0.717, 1.165) is 31.5 Å². The third kappa shape index (κ3) is 5.00. The highest BCUT2D eigenvalue weighted by molar-refractivity contribution is 7.99. The molecule has 2 aromatic carbocycles. The van der Waals surface area contributed by atoms with E-state index < -0.39 is 4.92 Å². The van der Waals surface area contributed by atoms with Crippen molar-refractivity contribution < 1.29 is 14.5 Å². The number of rotatable bonds is 7. The summed E-state index contributed by atoms with van der Waals surface area (Å²) in [6.07, 6.45) is 3.22. The molecule has 33 heavy (non-hydrogen) atoms. The molecule has 1 amide bonds. The molecule has 2 heterocycles. The molecule has 1 aromatic heterocycles. The predicted octanol–water partition coefficient (Wildman–Crippen LogP) is 4.34. The standard InChI is InChI=1S/C23H25N5O4S/c1-16-5-3-4-14-26(16)21(29)15-33-23-25-24-22(17-6-8-19(9-7-17)28(30)31)27(23)18-10-12-20(32-2)13-11-18/h6-13,16H,3-5,14-15H2,1-2H3. The fourth-order valence-corrected chi connectivity index (χ4v) is 4.76. The number of nitro benzene ring substituents is 1. The van der Waals surface area contributed by atoms with Crippen molar-refractivity contribution in [2.75, 3.05) is 19.4 Å². The Hall–Kier alpha value is -3.40. The Kier molecular flexibility index (Phi) is 6.93. The van der Waals surface area contributed by atoms with E-state index in [0.29, 0.717) is 22.3 Å². The molecule has 0 aliphatic carbocycles. The number of nitrogens with zero attached hydrogens (tertiary/aromatic N) is 5. The van der Waals surface area contributed by atoms with Gasteiger partial charge in [0.1, 0.15) is 5.75 Å². The van der Waals surface area contributed by atoms with Crippen LogP contribution in [0.2, 0.25) is 0 Å². The van der Waals surface area contributed by atoms with E-state index in [4.69, 9.17) is 4.74 Å². The van der Waals surface area contributed by atoms with Crippen LogP contribution in [0.4, 0.5) is 5.69 Å². The first-order valence-electron chi connectivity index (χ1n) is 10.7. The summed E-state index contributed by atoms with van der Waals surface area (Å²) >= 11 is 1.34. The monoisotopic (exact) mass is 467 g/mol. The van der Waals surface area contributed by atoms with Gasteiger partial charge in [0.2, 0.25) is 5.91 Å². The molecule has 10 heteroatoms. The van der Waals surface area contributed by atoms with Gasteiger partial charge in [-0.15, -0.1) is 10.2 Å². The topological polar surface area (TPSA) is 103 Å². The molecule has 1 atom stereocenters. The van der Waals surface area contributed by atoms with E-state index in [1.807, 2.05) is 33.7 Å². The molecule has 0 radical (unpaired) electrons. The Balaban J connectivity index is 1.64. The lowest BCUT2D eigenvalue weighted by Crippen LogP contribution is -2.42. The minimum atomic E-state index is -0.438. The summed E-state index contributed by atoms with van der Waals surface area (Å²) in [6.45, 7) is 2.88. The van der Waals surface area contributed by atoms with Crippen LogP contribution < -0.4 is 4.74 Å². The number of hydrogen-bond donors (Lipinski definition) is 0. The van der Waals surface area contributed by atoms with E-state index in [9.17, 15) is 14.9 Å². The molecule has 1 saturated heterocycles. The quantitative estimate of drug-likeness (QED) is 0.289. The van der Waals surface area contributed by atoms with E-state index in [-0.39, 0.29) is 23.4 Å². The lowest BCUT2D eigenvalue weighted by molar-refractivity contribution is -0.384. The van der Waals surface area contributed by atoms with E-state index in [1.165, 1.54) is 23.9 Å². The van der Waals surface area contributed by atoms with Crippen molar-refractivity contribution in [3.63, 3.8) is 0 Å². The highest BCUT2D eigenvalue weighted by atomic mass is 32.2. The summed E-state index contributed by atoms with van der Waals surface area (Å²) in [7, 11) is 1.60. The molecular formula is C23H25N5O4S. The third-order valence-corrected chi connectivity index (χ3v) is 6.66. The number of carbonyl (C=O) groups excluding carboxylic acids is 1. The molecule has 0 spiro atoms. The minimum absolute atomic E-state index is 0.00473. The first-order valence-corrected chi connectivity index (χ1v) is 11.7. The van der Waals surface area contributed by atoms with Crippen molar-refractivity contribution in [1.82, 2.24) is 19.7 Å². The van der Waals surface area contributed by atoms with Crippen LogP contribution in [0.15, 0.2) is 53.7 Å². The predicted molar refractivity (Wildman–Crippen MR) is 126 cm³/mol. The zero-order valence-electron chi connectivity index (χ0n) is 18.5. The second-order valence-corrected chi connectivity index (χ2v) is 8.81. The van der Waals surface area contributed by atoms with Gasteiger partial charge in [-0.05, 0) is 62.6 Å². The maximum absolute atomic E-state index is 12.9. The normalized spacial score (nSPS) is 15.9. The zero-order valence-corrected chi connectivity index (χ0v) is 19.3. The number of carbonyl (C=O) groups is 1. The number of benzene rings is 2. The van der Waals surface area contributed by atoms with Crippen molar-refractivity contribution in [3.05, 3.63) is 58.6 Å². The van der Waals surface area contributed by atoms with Gasteiger partial charge in [0.25, 0.3) is 5.69 Å². The molecule has 9 nitrogen and oxygen atoms in total. The Labute approximate surface area is 195 Å². The molecule has 0 N–H and O–H groups in total. The fourth-order valence-electron chi connectivity index (χ4n) is 3.92. The number of aromatic nitrogens is 3. The van der Waals surface area contributed by atoms with E-state index in [1.54, 1.807) is 19.2 Å². The summed E-state index contributed by atoms with van der Waals surface area (Å²) in [5.41, 5.74) is 1.49. The van der Waals surface area contributed by atoms with Crippen LogP contribution in [0, 0.1) is 10.1 Å². The number of non-ortho nitro benzene ring substituents is 1. The summed E-state index contributed by atoms with van der Waals surface area (Å²) in [5, 5.41) is 20.3. The maximum atomic E-state index is 12.9. The highest BCUT2D eigenvalue weighted by Gasteiger charge is 2.24. The minimum Gasteiger partial charge on any atom is -0.497 e. The number of ether oxygens (including phenoxy) is 1. The van der Waals surface area contributed by atoms with Gasteiger partial charge in [-0.3, -0.25) is 19.5 Å². The highest BCUT2D eigenvalue weighted by Crippen LogP contribution is 2.30. The second kappa shape index (κ2) is 10.0. The molecule has 1 aliphatic rings. The summed E-state index contributed by atoms with van der Waals surface area (Å²) < 4.78 is 7.12. The molecule has 0 bridgehead atoms. The number of piperidine rings is 1. The molecule has 0 saturated carbocycles. The summed E-state index contributed by atoms with van der Waals surface area (Å²) in [4.78, 5) is 25.4. The lowest BCUT2D eigenvalue weighted by Gasteiger charge is -2.33. The molecule has 1 fully saturated rings. The van der Waals surface area contributed by atoms with Gasteiger partial charge >= 0.3 is 0 Å². The SMILES string of the molecule is COc1ccc(-n2c(SCC(=O)N3CCCCC3C)nnc2-c2ccc([N+](=O)[O-])cc2)cc1. The van der Waals surface area contributed by atoms with Gasteiger partial charge in [-0.1, -0.05) is 11.8 Å². The summed E-state index contributed by atoms with van der Waals surface area (Å²) in [6, 6.07) is 13.9.